The first-order valence-electron chi connectivity index (χ1n) is 10.7. The Morgan fingerprint density at radius 1 is 1.00 bits per heavy atom. The van der Waals surface area contributed by atoms with E-state index in [4.69, 9.17) is 4.74 Å². The fourth-order valence-corrected chi connectivity index (χ4v) is 5.69. The van der Waals surface area contributed by atoms with Crippen LogP contribution in [-0.2, 0) is 16.6 Å². The summed E-state index contributed by atoms with van der Waals surface area (Å²) in [6.07, 6.45) is 2.45. The molecular weight excluding hydrogens is 444 g/mol. The second kappa shape index (κ2) is 10.9. The van der Waals surface area contributed by atoms with Crippen LogP contribution in [-0.4, -0.2) is 57.6 Å². The molecule has 0 spiro atoms. The molecule has 0 saturated carbocycles. The molecule has 4 rings (SSSR count). The summed E-state index contributed by atoms with van der Waals surface area (Å²) in [7, 11) is -3.40. The molecule has 1 aromatic carbocycles. The van der Waals surface area contributed by atoms with Crippen LogP contribution in [0.3, 0.4) is 0 Å². The maximum Gasteiger partial charge on any atom is 0.250 e. The Morgan fingerprint density at radius 2 is 1.81 bits per heavy atom. The van der Waals surface area contributed by atoms with Crippen molar-refractivity contribution in [2.45, 2.75) is 17.2 Å². The number of hydrogen-bond acceptors (Lipinski definition) is 7. The van der Waals surface area contributed by atoms with Gasteiger partial charge in [0, 0.05) is 45.5 Å². The Morgan fingerprint density at radius 3 is 2.50 bits per heavy atom. The molecule has 1 saturated heterocycles. The molecule has 32 heavy (non-hydrogen) atoms. The molecular formula is C23H28N4O3S2. The Kier molecular flexibility index (Phi) is 7.75. The van der Waals surface area contributed by atoms with Gasteiger partial charge in [0.05, 0.1) is 6.61 Å². The molecule has 170 valence electrons. The van der Waals surface area contributed by atoms with E-state index in [1.54, 1.807) is 17.5 Å². The number of aromatic nitrogens is 1. The number of thiophene rings is 1. The van der Waals surface area contributed by atoms with E-state index >= 15 is 0 Å². The Balaban J connectivity index is 1.15. The number of ether oxygens (including phenoxy) is 1. The monoisotopic (exact) mass is 472 g/mol. The maximum atomic E-state index is 12.1. The summed E-state index contributed by atoms with van der Waals surface area (Å²) in [5, 5.41) is 1.75. The Bertz CT molecular complexity index is 1050. The van der Waals surface area contributed by atoms with E-state index in [-0.39, 0.29) is 0 Å². The van der Waals surface area contributed by atoms with Gasteiger partial charge in [-0.25, -0.2) is 18.1 Å². The summed E-state index contributed by atoms with van der Waals surface area (Å²) in [5.41, 5.74) is 1.26. The van der Waals surface area contributed by atoms with E-state index in [0.717, 1.165) is 44.3 Å². The summed E-state index contributed by atoms with van der Waals surface area (Å²) in [5.74, 6) is 1.85. The molecule has 0 atom stereocenters. The molecule has 3 aromatic rings. The van der Waals surface area contributed by atoms with Crippen LogP contribution in [0.5, 0.6) is 5.75 Å². The number of sulfonamides is 1. The van der Waals surface area contributed by atoms with E-state index in [1.165, 1.54) is 16.9 Å². The molecule has 1 aliphatic heterocycles. The number of nitrogens with one attached hydrogen (secondary N) is 1. The second-order valence-electron chi connectivity index (χ2n) is 7.63. The SMILES string of the molecule is O=S(=O)(NCCCOc1ccc(CN2CCN(c3ccccn3)CC2)cc1)c1cccs1. The van der Waals surface area contributed by atoms with Crippen LogP contribution in [0.2, 0.25) is 0 Å². The van der Waals surface area contributed by atoms with Crippen molar-refractivity contribution in [3.8, 4) is 5.75 Å². The Labute approximate surface area is 193 Å². The summed E-state index contributed by atoms with van der Waals surface area (Å²) >= 11 is 1.21. The quantitative estimate of drug-likeness (QED) is 0.457. The molecule has 1 aliphatic rings. The van der Waals surface area contributed by atoms with Crippen molar-refractivity contribution in [1.29, 1.82) is 0 Å². The van der Waals surface area contributed by atoms with Gasteiger partial charge in [0.1, 0.15) is 15.8 Å². The molecule has 1 N–H and O–H groups in total. The largest absolute Gasteiger partial charge is 0.494 e. The third-order valence-corrected chi connectivity index (χ3v) is 8.18. The molecule has 2 aromatic heterocycles. The first kappa shape index (κ1) is 22.7. The van der Waals surface area contributed by atoms with Gasteiger partial charge in [-0.2, -0.15) is 0 Å². The van der Waals surface area contributed by atoms with Crippen molar-refractivity contribution in [2.24, 2.45) is 0 Å². The number of nitrogens with zero attached hydrogens (tertiary/aromatic N) is 3. The molecule has 0 bridgehead atoms. The highest BCUT2D eigenvalue weighted by Gasteiger charge is 2.18. The minimum absolute atomic E-state index is 0.340. The van der Waals surface area contributed by atoms with Gasteiger partial charge in [0.25, 0.3) is 0 Å². The van der Waals surface area contributed by atoms with Gasteiger partial charge in [-0.1, -0.05) is 24.3 Å². The van der Waals surface area contributed by atoms with Crippen LogP contribution >= 0.6 is 11.3 Å². The predicted octanol–water partition coefficient (Wildman–Crippen LogP) is 3.21. The van der Waals surface area contributed by atoms with E-state index in [9.17, 15) is 8.42 Å². The summed E-state index contributed by atoms with van der Waals surface area (Å²) in [6, 6.07) is 17.5. The van der Waals surface area contributed by atoms with Crippen molar-refractivity contribution >= 4 is 27.2 Å². The lowest BCUT2D eigenvalue weighted by atomic mass is 10.2. The zero-order chi connectivity index (χ0) is 22.2. The molecule has 0 amide bonds. The molecule has 3 heterocycles. The van der Waals surface area contributed by atoms with Gasteiger partial charge in [0.2, 0.25) is 10.0 Å². The van der Waals surface area contributed by atoms with Crippen LogP contribution in [0.25, 0.3) is 0 Å². The first-order valence-corrected chi connectivity index (χ1v) is 13.1. The number of anilines is 1. The fraction of sp³-hybridized carbons (Fsp3) is 0.348. The summed E-state index contributed by atoms with van der Waals surface area (Å²) < 4.78 is 32.8. The molecule has 0 radical (unpaired) electrons. The number of rotatable bonds is 10. The van der Waals surface area contributed by atoms with Gasteiger partial charge in [0.15, 0.2) is 0 Å². The van der Waals surface area contributed by atoms with Crippen molar-refractivity contribution in [1.82, 2.24) is 14.6 Å². The maximum absolute atomic E-state index is 12.1. The van der Waals surface area contributed by atoms with E-state index in [0.29, 0.717) is 23.8 Å². The third-order valence-electron chi connectivity index (χ3n) is 5.32. The standard InChI is InChI=1S/C23H28N4O3S2/c28-32(29,23-6-3-18-31-23)25-12-4-17-30-21-9-7-20(8-10-21)19-26-13-15-27(16-14-26)22-5-1-2-11-24-22/h1-3,5-11,18,25H,4,12-17,19H2. The predicted molar refractivity (Wildman–Crippen MR) is 128 cm³/mol. The van der Waals surface area contributed by atoms with Crippen LogP contribution < -0.4 is 14.4 Å². The molecule has 0 aliphatic carbocycles. The van der Waals surface area contributed by atoms with Crippen molar-refractivity contribution < 1.29 is 13.2 Å². The molecule has 1 fully saturated rings. The number of pyridine rings is 1. The minimum atomic E-state index is -3.40. The average molecular weight is 473 g/mol. The van der Waals surface area contributed by atoms with Crippen LogP contribution in [0.1, 0.15) is 12.0 Å². The zero-order valence-electron chi connectivity index (χ0n) is 17.9. The van der Waals surface area contributed by atoms with Gasteiger partial charge < -0.3 is 9.64 Å². The summed E-state index contributed by atoms with van der Waals surface area (Å²) in [4.78, 5) is 9.22. The number of piperazine rings is 1. The lowest BCUT2D eigenvalue weighted by molar-refractivity contribution is 0.249. The first-order chi connectivity index (χ1) is 15.6. The average Bonchev–Trinajstić information content (AvgIpc) is 3.37. The van der Waals surface area contributed by atoms with Crippen molar-refractivity contribution in [2.75, 3.05) is 44.2 Å². The Hall–Kier alpha value is -2.46. The van der Waals surface area contributed by atoms with Crippen molar-refractivity contribution in [3.05, 3.63) is 71.7 Å². The fourth-order valence-electron chi connectivity index (χ4n) is 3.58. The minimum Gasteiger partial charge on any atom is -0.494 e. The zero-order valence-corrected chi connectivity index (χ0v) is 19.5. The molecule has 9 heteroatoms. The lowest BCUT2D eigenvalue weighted by Gasteiger charge is -2.35. The highest BCUT2D eigenvalue weighted by molar-refractivity contribution is 7.91. The van der Waals surface area contributed by atoms with E-state index < -0.39 is 10.0 Å². The smallest absolute Gasteiger partial charge is 0.250 e. The number of benzene rings is 1. The van der Waals surface area contributed by atoms with Crippen LogP contribution in [0.15, 0.2) is 70.4 Å². The van der Waals surface area contributed by atoms with Gasteiger partial charge in [-0.15, -0.1) is 11.3 Å². The molecule has 0 unspecified atom stereocenters. The highest BCUT2D eigenvalue weighted by Crippen LogP contribution is 2.17. The summed E-state index contributed by atoms with van der Waals surface area (Å²) in [6.45, 7) is 5.71. The van der Waals surface area contributed by atoms with Crippen molar-refractivity contribution in [3.63, 3.8) is 0 Å². The van der Waals surface area contributed by atoms with Crippen LogP contribution in [0.4, 0.5) is 5.82 Å². The van der Waals surface area contributed by atoms with E-state index in [1.807, 2.05) is 30.5 Å². The number of hydrogen-bond donors (Lipinski definition) is 1. The van der Waals surface area contributed by atoms with Gasteiger partial charge in [-0.3, -0.25) is 4.90 Å². The topological polar surface area (TPSA) is 74.8 Å². The lowest BCUT2D eigenvalue weighted by Crippen LogP contribution is -2.46. The van der Waals surface area contributed by atoms with Crippen LogP contribution in [0, 0.1) is 0 Å². The van der Waals surface area contributed by atoms with Gasteiger partial charge >= 0.3 is 0 Å². The normalized spacial score (nSPS) is 15.1. The van der Waals surface area contributed by atoms with Gasteiger partial charge in [-0.05, 0) is 47.7 Å². The highest BCUT2D eigenvalue weighted by atomic mass is 32.2. The second-order valence-corrected chi connectivity index (χ2v) is 10.6. The third kappa shape index (κ3) is 6.29. The van der Waals surface area contributed by atoms with E-state index in [2.05, 4.69) is 37.7 Å². The molecule has 7 nitrogen and oxygen atoms in total.